The Morgan fingerprint density at radius 3 is 2.51 bits per heavy atom. The minimum Gasteiger partial charge on any atom is -0.493 e. The minimum absolute atomic E-state index is 0.0938. The normalized spacial score (nSPS) is 14.8. The molecule has 2 amide bonds. The summed E-state index contributed by atoms with van der Waals surface area (Å²) in [5, 5.41) is 2.99. The van der Waals surface area contributed by atoms with Crippen LogP contribution in [0.4, 0.5) is 10.1 Å². The highest BCUT2D eigenvalue weighted by Crippen LogP contribution is 2.36. The fourth-order valence-electron chi connectivity index (χ4n) is 3.34. The average molecular weight is 576 g/mol. The summed E-state index contributed by atoms with van der Waals surface area (Å²) >= 11 is 14.8. The fraction of sp³-hybridized carbons (Fsp3) is 0.0800. The van der Waals surface area contributed by atoms with Crippen LogP contribution in [0.5, 0.6) is 11.5 Å². The molecule has 1 fully saturated rings. The highest BCUT2D eigenvalue weighted by Gasteiger charge is 2.34. The summed E-state index contributed by atoms with van der Waals surface area (Å²) < 4.78 is 25.3. The molecule has 6 nitrogen and oxygen atoms in total. The summed E-state index contributed by atoms with van der Waals surface area (Å²) in [7, 11) is 1.48. The molecule has 1 saturated heterocycles. The van der Waals surface area contributed by atoms with Crippen molar-refractivity contribution in [2.24, 2.45) is 0 Å². The number of benzene rings is 3. The first kappa shape index (κ1) is 24.8. The van der Waals surface area contributed by atoms with Gasteiger partial charge in [0.1, 0.15) is 18.0 Å². The lowest BCUT2D eigenvalue weighted by atomic mass is 10.1. The number of carbonyl (C=O) groups excluding carboxylic acids is 2. The van der Waals surface area contributed by atoms with Gasteiger partial charge in [0.05, 0.1) is 12.8 Å². The Bertz CT molecular complexity index is 1360. The number of hydrogen-bond donors (Lipinski definition) is 1. The van der Waals surface area contributed by atoms with Crippen molar-refractivity contribution < 1.29 is 23.5 Å². The van der Waals surface area contributed by atoms with Crippen LogP contribution in [-0.4, -0.2) is 24.0 Å². The smallest absolute Gasteiger partial charge is 0.270 e. The predicted octanol–water partition coefficient (Wildman–Crippen LogP) is 5.66. The largest absolute Gasteiger partial charge is 0.493 e. The molecule has 3 aromatic carbocycles. The molecule has 1 N–H and O–H groups in total. The van der Waals surface area contributed by atoms with E-state index >= 15 is 0 Å². The molecule has 0 saturated carbocycles. The molecule has 1 aliphatic rings. The summed E-state index contributed by atoms with van der Waals surface area (Å²) in [5.74, 6) is -0.924. The van der Waals surface area contributed by atoms with E-state index in [0.717, 1.165) is 10.5 Å². The lowest BCUT2D eigenvalue weighted by Gasteiger charge is -2.29. The maximum absolute atomic E-state index is 13.3. The van der Waals surface area contributed by atoms with E-state index < -0.39 is 17.6 Å². The molecule has 4 rings (SSSR count). The van der Waals surface area contributed by atoms with E-state index in [-0.39, 0.29) is 17.3 Å². The summed E-state index contributed by atoms with van der Waals surface area (Å²) in [6.07, 6.45) is 1.42. The molecule has 178 valence electrons. The van der Waals surface area contributed by atoms with Gasteiger partial charge in [-0.25, -0.2) is 4.39 Å². The number of amides is 2. The van der Waals surface area contributed by atoms with Gasteiger partial charge in [-0.05, 0) is 66.3 Å². The Hall–Kier alpha value is -3.27. The molecular weight excluding hydrogens is 559 g/mol. The lowest BCUT2D eigenvalue weighted by Crippen LogP contribution is -2.54. The van der Waals surface area contributed by atoms with Crippen LogP contribution in [0.1, 0.15) is 11.1 Å². The molecule has 0 radical (unpaired) electrons. The van der Waals surface area contributed by atoms with Gasteiger partial charge in [-0.1, -0.05) is 45.7 Å². The second-order valence-corrected chi connectivity index (χ2v) is 8.99. The molecule has 0 bridgehead atoms. The first-order chi connectivity index (χ1) is 16.8. The third kappa shape index (κ3) is 5.37. The number of nitrogens with zero attached hydrogens (tertiary/aromatic N) is 1. The Balaban J connectivity index is 1.65. The van der Waals surface area contributed by atoms with Crippen molar-refractivity contribution in [2.75, 3.05) is 12.0 Å². The number of methoxy groups -OCH3 is 1. The third-order valence-electron chi connectivity index (χ3n) is 5.11. The number of carbonyl (C=O) groups is 2. The zero-order valence-corrected chi connectivity index (χ0v) is 21.3. The standard InChI is InChI=1S/C25H17BrClFN2O4S/c1-33-21-11-15(19(26)12-22(21)34-13-14-4-2-3-5-20(14)27)10-18-23(31)29-25(35)30(24(18)32)17-8-6-16(28)7-9-17/h2-12H,13H2,1H3,(H,29,31,35)/b18-10-. The van der Waals surface area contributed by atoms with Gasteiger partial charge in [-0.15, -0.1) is 0 Å². The van der Waals surface area contributed by atoms with E-state index in [1.54, 1.807) is 18.2 Å². The SMILES string of the molecule is COc1cc(/C=C2/C(=O)NC(=S)N(c3ccc(F)cc3)C2=O)c(Br)cc1OCc1ccccc1Cl. The summed E-state index contributed by atoms with van der Waals surface area (Å²) in [6.45, 7) is 0.216. The van der Waals surface area contributed by atoms with Gasteiger partial charge in [0.2, 0.25) is 0 Å². The molecule has 0 aliphatic carbocycles. The molecule has 35 heavy (non-hydrogen) atoms. The topological polar surface area (TPSA) is 67.9 Å². The zero-order chi connectivity index (χ0) is 25.1. The molecule has 0 spiro atoms. The van der Waals surface area contributed by atoms with Gasteiger partial charge >= 0.3 is 0 Å². The molecular formula is C25H17BrClFN2O4S. The number of thiocarbonyl (C=S) groups is 1. The van der Waals surface area contributed by atoms with Crippen molar-refractivity contribution >= 4 is 68.4 Å². The number of rotatable bonds is 6. The average Bonchev–Trinajstić information content (AvgIpc) is 2.83. The number of halogens is 3. The predicted molar refractivity (Wildman–Crippen MR) is 139 cm³/mol. The second kappa shape index (κ2) is 10.6. The number of hydrogen-bond acceptors (Lipinski definition) is 5. The van der Waals surface area contributed by atoms with Gasteiger partial charge in [-0.2, -0.15) is 0 Å². The maximum atomic E-state index is 13.3. The van der Waals surface area contributed by atoms with E-state index in [4.69, 9.17) is 33.3 Å². The Labute approximate surface area is 219 Å². The molecule has 0 atom stereocenters. The van der Waals surface area contributed by atoms with Crippen LogP contribution in [0.25, 0.3) is 6.08 Å². The van der Waals surface area contributed by atoms with Crippen LogP contribution in [0.3, 0.4) is 0 Å². The first-order valence-corrected chi connectivity index (χ1v) is 11.8. The first-order valence-electron chi connectivity index (χ1n) is 10.2. The number of anilines is 1. The molecule has 0 aromatic heterocycles. The Morgan fingerprint density at radius 2 is 1.83 bits per heavy atom. The molecule has 1 heterocycles. The Kier molecular flexibility index (Phi) is 7.49. The third-order valence-corrected chi connectivity index (χ3v) is 6.45. The van der Waals surface area contributed by atoms with Crippen molar-refractivity contribution in [1.29, 1.82) is 0 Å². The van der Waals surface area contributed by atoms with Gasteiger partial charge < -0.3 is 9.47 Å². The van der Waals surface area contributed by atoms with Crippen molar-refractivity contribution in [3.05, 3.63) is 92.7 Å². The zero-order valence-electron chi connectivity index (χ0n) is 18.2. The molecule has 1 aliphatic heterocycles. The van der Waals surface area contributed by atoms with E-state index in [9.17, 15) is 14.0 Å². The van der Waals surface area contributed by atoms with E-state index in [1.165, 1.54) is 37.5 Å². The van der Waals surface area contributed by atoms with Crippen molar-refractivity contribution in [1.82, 2.24) is 5.32 Å². The van der Waals surface area contributed by atoms with Crippen molar-refractivity contribution in [3.63, 3.8) is 0 Å². The Morgan fingerprint density at radius 1 is 1.11 bits per heavy atom. The quantitative estimate of drug-likeness (QED) is 0.233. The lowest BCUT2D eigenvalue weighted by molar-refractivity contribution is -0.122. The number of ether oxygens (including phenoxy) is 2. The second-order valence-electron chi connectivity index (χ2n) is 7.34. The minimum atomic E-state index is -0.650. The van der Waals surface area contributed by atoms with E-state index in [2.05, 4.69) is 21.2 Å². The van der Waals surface area contributed by atoms with Crippen LogP contribution >= 0.6 is 39.7 Å². The van der Waals surface area contributed by atoms with Gasteiger partial charge in [0, 0.05) is 15.1 Å². The highest BCUT2D eigenvalue weighted by atomic mass is 79.9. The van der Waals surface area contributed by atoms with Crippen molar-refractivity contribution in [3.8, 4) is 11.5 Å². The summed E-state index contributed by atoms with van der Waals surface area (Å²) in [6, 6.07) is 15.8. The van der Waals surface area contributed by atoms with Crippen LogP contribution in [0, 0.1) is 5.82 Å². The molecule has 3 aromatic rings. The van der Waals surface area contributed by atoms with E-state index in [0.29, 0.717) is 32.2 Å². The maximum Gasteiger partial charge on any atom is 0.270 e. The summed E-state index contributed by atoms with van der Waals surface area (Å²) in [5.41, 5.74) is 1.47. The van der Waals surface area contributed by atoms with Crippen LogP contribution < -0.4 is 19.7 Å². The van der Waals surface area contributed by atoms with Crippen LogP contribution in [-0.2, 0) is 16.2 Å². The summed E-state index contributed by atoms with van der Waals surface area (Å²) in [4.78, 5) is 26.9. The monoisotopic (exact) mass is 574 g/mol. The van der Waals surface area contributed by atoms with Gasteiger partial charge in [0.25, 0.3) is 11.8 Å². The van der Waals surface area contributed by atoms with E-state index in [1.807, 2.05) is 18.2 Å². The fourth-order valence-corrected chi connectivity index (χ4v) is 4.25. The molecule has 10 heteroatoms. The van der Waals surface area contributed by atoms with Crippen molar-refractivity contribution in [2.45, 2.75) is 6.61 Å². The van der Waals surface area contributed by atoms with Gasteiger partial charge in [0.15, 0.2) is 16.6 Å². The number of nitrogens with one attached hydrogen (secondary N) is 1. The highest BCUT2D eigenvalue weighted by molar-refractivity contribution is 9.10. The van der Waals surface area contributed by atoms with Crippen LogP contribution in [0.2, 0.25) is 5.02 Å². The van der Waals surface area contributed by atoms with Crippen LogP contribution in [0.15, 0.2) is 70.7 Å². The molecule has 0 unspecified atom stereocenters. The van der Waals surface area contributed by atoms with Gasteiger partial charge in [-0.3, -0.25) is 19.8 Å².